The largest absolute Gasteiger partial charge is 0.364 e. The Labute approximate surface area is 160 Å². The molecule has 1 heterocycles. The molecule has 0 spiro atoms. The molecule has 4 nitrogen and oxygen atoms in total. The number of allylic oxidation sites excluding steroid dienone is 1. The number of primary amides is 1. The first-order chi connectivity index (χ1) is 13.2. The van der Waals surface area contributed by atoms with Crippen LogP contribution in [0, 0.1) is 5.92 Å². The molecule has 0 bridgehead atoms. The summed E-state index contributed by atoms with van der Waals surface area (Å²) in [5.41, 5.74) is 9.64. The van der Waals surface area contributed by atoms with Crippen LogP contribution in [0.2, 0.25) is 0 Å². The molecule has 1 atom stereocenters. The van der Waals surface area contributed by atoms with Crippen LogP contribution in [-0.2, 0) is 11.8 Å². The second kappa shape index (κ2) is 6.36. The van der Waals surface area contributed by atoms with Gasteiger partial charge in [0.05, 0.1) is 6.04 Å². The summed E-state index contributed by atoms with van der Waals surface area (Å²) in [6, 6.07) is 11.4. The second-order valence-corrected chi connectivity index (χ2v) is 8.50. The van der Waals surface area contributed by atoms with Crippen LogP contribution in [0.25, 0.3) is 6.08 Å². The van der Waals surface area contributed by atoms with Gasteiger partial charge in [-0.25, -0.2) is 0 Å². The number of fused-ring (bicyclic) bond motifs is 1. The number of hydrogen-bond acceptors (Lipinski definition) is 2. The molecular weight excluding hydrogens is 334 g/mol. The van der Waals surface area contributed by atoms with Crippen molar-refractivity contribution in [1.82, 2.24) is 9.78 Å². The minimum Gasteiger partial charge on any atom is -0.364 e. The number of carbonyl (C=O) groups excluding carboxylic acids is 1. The molecule has 3 aliphatic rings. The Morgan fingerprint density at radius 2 is 1.81 bits per heavy atom. The van der Waals surface area contributed by atoms with Crippen molar-refractivity contribution in [2.24, 2.45) is 11.7 Å². The average molecular weight is 361 g/mol. The molecule has 2 N–H and O–H groups in total. The van der Waals surface area contributed by atoms with Gasteiger partial charge in [0.2, 0.25) is 0 Å². The Bertz CT molecular complexity index is 888. The SMILES string of the molecule is NC(=O)c1nn(C2CC2)c2c1C=CC(c1ccccc1)(C1CCCCC1)C2. The molecule has 0 saturated heterocycles. The fourth-order valence-corrected chi connectivity index (χ4v) is 5.29. The molecule has 3 aliphatic carbocycles. The van der Waals surface area contributed by atoms with Crippen molar-refractivity contribution in [2.45, 2.75) is 62.8 Å². The molecule has 5 rings (SSSR count). The monoisotopic (exact) mass is 361 g/mol. The van der Waals surface area contributed by atoms with E-state index in [1.54, 1.807) is 0 Å². The van der Waals surface area contributed by atoms with Crippen LogP contribution in [0.5, 0.6) is 0 Å². The number of carbonyl (C=O) groups is 1. The zero-order chi connectivity index (χ0) is 18.4. The second-order valence-electron chi connectivity index (χ2n) is 8.50. The van der Waals surface area contributed by atoms with Gasteiger partial charge in [0, 0.05) is 23.1 Å². The van der Waals surface area contributed by atoms with E-state index in [2.05, 4.69) is 52.3 Å². The van der Waals surface area contributed by atoms with Crippen LogP contribution in [0.15, 0.2) is 36.4 Å². The van der Waals surface area contributed by atoms with Crippen molar-refractivity contribution in [3.63, 3.8) is 0 Å². The zero-order valence-corrected chi connectivity index (χ0v) is 15.7. The summed E-state index contributed by atoms with van der Waals surface area (Å²) >= 11 is 0. The van der Waals surface area contributed by atoms with Gasteiger partial charge in [0.1, 0.15) is 0 Å². The molecule has 1 unspecified atom stereocenters. The number of aromatic nitrogens is 2. The van der Waals surface area contributed by atoms with E-state index in [4.69, 9.17) is 5.73 Å². The number of nitrogens with zero attached hydrogens (tertiary/aromatic N) is 2. The van der Waals surface area contributed by atoms with Gasteiger partial charge in [-0.15, -0.1) is 0 Å². The van der Waals surface area contributed by atoms with Crippen molar-refractivity contribution in [3.05, 3.63) is 58.9 Å². The van der Waals surface area contributed by atoms with Crippen LogP contribution in [0.3, 0.4) is 0 Å². The molecule has 0 aliphatic heterocycles. The molecule has 140 valence electrons. The molecule has 2 saturated carbocycles. The highest BCUT2D eigenvalue weighted by Gasteiger charge is 2.44. The lowest BCUT2D eigenvalue weighted by Crippen LogP contribution is -2.39. The first kappa shape index (κ1) is 16.8. The van der Waals surface area contributed by atoms with E-state index >= 15 is 0 Å². The molecule has 1 aromatic heterocycles. The van der Waals surface area contributed by atoms with Gasteiger partial charge in [0.15, 0.2) is 5.69 Å². The van der Waals surface area contributed by atoms with Crippen molar-refractivity contribution in [2.75, 3.05) is 0 Å². The van der Waals surface area contributed by atoms with Crippen LogP contribution < -0.4 is 5.73 Å². The fourth-order valence-electron chi connectivity index (χ4n) is 5.29. The molecule has 4 heteroatoms. The van der Waals surface area contributed by atoms with E-state index in [9.17, 15) is 4.79 Å². The van der Waals surface area contributed by atoms with Gasteiger partial charge in [-0.2, -0.15) is 5.10 Å². The van der Waals surface area contributed by atoms with Crippen molar-refractivity contribution < 1.29 is 4.79 Å². The summed E-state index contributed by atoms with van der Waals surface area (Å²) in [6.45, 7) is 0. The van der Waals surface area contributed by atoms with Crippen LogP contribution in [-0.4, -0.2) is 15.7 Å². The Hall–Kier alpha value is -2.36. The van der Waals surface area contributed by atoms with E-state index in [1.807, 2.05) is 0 Å². The average Bonchev–Trinajstić information content (AvgIpc) is 3.49. The molecule has 1 amide bonds. The molecule has 0 radical (unpaired) electrons. The smallest absolute Gasteiger partial charge is 0.269 e. The molecule has 27 heavy (non-hydrogen) atoms. The Kier molecular flexibility index (Phi) is 3.96. The third-order valence-electron chi connectivity index (χ3n) is 6.83. The van der Waals surface area contributed by atoms with Crippen molar-refractivity contribution in [1.29, 1.82) is 0 Å². The molecule has 2 aromatic rings. The fraction of sp³-hybridized carbons (Fsp3) is 0.478. The highest BCUT2D eigenvalue weighted by Crippen LogP contribution is 2.49. The maximum absolute atomic E-state index is 12.0. The number of nitrogens with two attached hydrogens (primary N) is 1. The number of rotatable bonds is 4. The third kappa shape index (κ3) is 2.73. The zero-order valence-electron chi connectivity index (χ0n) is 15.7. The summed E-state index contributed by atoms with van der Waals surface area (Å²) < 4.78 is 2.12. The molecular formula is C23H27N3O. The first-order valence-electron chi connectivity index (χ1n) is 10.3. The standard InChI is InChI=1S/C23H27N3O/c24-22(27)21-19-13-14-23(16-7-3-1-4-8-16,17-9-5-2-6-10-17)15-20(19)26(25-21)18-11-12-18/h1,3-4,7-8,13-14,17-18H,2,5-6,9-12,15H2,(H2,24,27). The lowest BCUT2D eigenvalue weighted by atomic mass is 9.61. The topological polar surface area (TPSA) is 60.9 Å². The van der Waals surface area contributed by atoms with Gasteiger partial charge in [0.25, 0.3) is 5.91 Å². The predicted molar refractivity (Wildman–Crippen MR) is 106 cm³/mol. The maximum Gasteiger partial charge on any atom is 0.269 e. The minimum atomic E-state index is -0.417. The van der Waals surface area contributed by atoms with E-state index < -0.39 is 5.91 Å². The molecule has 1 aromatic carbocycles. The number of amides is 1. The van der Waals surface area contributed by atoms with E-state index in [1.165, 1.54) is 43.4 Å². The highest BCUT2D eigenvalue weighted by molar-refractivity contribution is 5.95. The van der Waals surface area contributed by atoms with Crippen LogP contribution in [0.1, 0.15) is 78.3 Å². The summed E-state index contributed by atoms with van der Waals surface area (Å²) in [6.07, 6.45) is 14.3. The van der Waals surface area contributed by atoms with Gasteiger partial charge < -0.3 is 5.73 Å². The lowest BCUT2D eigenvalue weighted by Gasteiger charge is -2.43. The third-order valence-corrected chi connectivity index (χ3v) is 6.83. The lowest BCUT2D eigenvalue weighted by molar-refractivity contribution is 0.0994. The van der Waals surface area contributed by atoms with Gasteiger partial charge in [-0.3, -0.25) is 9.48 Å². The minimum absolute atomic E-state index is 0.00370. The predicted octanol–water partition coefficient (Wildman–Crippen LogP) is 4.40. The maximum atomic E-state index is 12.0. The quantitative estimate of drug-likeness (QED) is 0.877. The summed E-state index contributed by atoms with van der Waals surface area (Å²) in [7, 11) is 0. The first-order valence-corrected chi connectivity index (χ1v) is 10.3. The Balaban J connectivity index is 1.65. The highest BCUT2D eigenvalue weighted by atomic mass is 16.1. The van der Waals surface area contributed by atoms with Crippen molar-refractivity contribution >= 4 is 12.0 Å². The van der Waals surface area contributed by atoms with Gasteiger partial charge in [-0.1, -0.05) is 61.7 Å². The summed E-state index contributed by atoms with van der Waals surface area (Å²) in [5.74, 6) is 0.220. The van der Waals surface area contributed by atoms with Crippen molar-refractivity contribution in [3.8, 4) is 0 Å². The summed E-state index contributed by atoms with van der Waals surface area (Å²) in [4.78, 5) is 12.0. The van der Waals surface area contributed by atoms with E-state index in [-0.39, 0.29) is 5.41 Å². The van der Waals surface area contributed by atoms with E-state index in [0.29, 0.717) is 17.7 Å². The van der Waals surface area contributed by atoms with Gasteiger partial charge >= 0.3 is 0 Å². The molecule has 2 fully saturated rings. The van der Waals surface area contributed by atoms with E-state index in [0.717, 1.165) is 24.8 Å². The number of hydrogen-bond donors (Lipinski definition) is 1. The van der Waals surface area contributed by atoms with Crippen LogP contribution >= 0.6 is 0 Å². The summed E-state index contributed by atoms with van der Waals surface area (Å²) in [5, 5.41) is 4.65. The number of benzene rings is 1. The Morgan fingerprint density at radius 3 is 2.48 bits per heavy atom. The Morgan fingerprint density at radius 1 is 1.07 bits per heavy atom. The van der Waals surface area contributed by atoms with Gasteiger partial charge in [-0.05, 0) is 37.2 Å². The van der Waals surface area contributed by atoms with Crippen LogP contribution in [0.4, 0.5) is 0 Å². The normalized spacial score (nSPS) is 25.3.